The molecule has 0 saturated heterocycles. The highest BCUT2D eigenvalue weighted by Gasteiger charge is 2.19. The number of nitrogens with zero attached hydrogens (tertiary/aromatic N) is 2. The predicted molar refractivity (Wildman–Crippen MR) is 137 cm³/mol. The Morgan fingerprint density at radius 2 is 1.67 bits per heavy atom. The molecule has 0 amide bonds. The molecule has 3 heterocycles. The largest absolute Gasteiger partial charge is 0.438 e. The lowest BCUT2D eigenvalue weighted by atomic mass is 9.82. The van der Waals surface area contributed by atoms with Crippen LogP contribution in [-0.4, -0.2) is 9.97 Å². The molecule has 3 aromatic heterocycles. The fraction of sp³-hybridized carbons (Fsp3) is 0.267. The van der Waals surface area contributed by atoms with Gasteiger partial charge in [-0.2, -0.15) is 0 Å². The normalized spacial score (nSPS) is 12.2. The maximum Gasteiger partial charge on any atom is 0.226 e. The Labute approximate surface area is 195 Å². The van der Waals surface area contributed by atoms with Crippen LogP contribution in [0.25, 0.3) is 44.5 Å². The van der Waals surface area contributed by atoms with E-state index in [0.717, 1.165) is 40.1 Å². The van der Waals surface area contributed by atoms with Crippen LogP contribution in [0.3, 0.4) is 0 Å². The highest BCUT2D eigenvalue weighted by molar-refractivity contribution is 5.91. The fourth-order valence-corrected chi connectivity index (χ4v) is 4.45. The van der Waals surface area contributed by atoms with E-state index in [0.29, 0.717) is 11.6 Å². The highest BCUT2D eigenvalue weighted by Crippen LogP contribution is 2.35. The Morgan fingerprint density at radius 1 is 0.848 bits per heavy atom. The van der Waals surface area contributed by atoms with Crippen molar-refractivity contribution in [3.8, 4) is 22.6 Å². The van der Waals surface area contributed by atoms with E-state index < -0.39 is 0 Å². The van der Waals surface area contributed by atoms with Gasteiger partial charge in [0.25, 0.3) is 0 Å². The molecule has 0 spiro atoms. The first-order chi connectivity index (χ1) is 15.8. The number of pyridine rings is 2. The minimum absolute atomic E-state index is 0.0331. The minimum atomic E-state index is 0.0331. The Kier molecular flexibility index (Phi) is 5.28. The third-order valence-corrected chi connectivity index (χ3v) is 6.07. The number of hydrogen-bond donors (Lipinski definition) is 0. The second-order valence-electron chi connectivity index (χ2n) is 10.3. The molecule has 3 heteroatoms. The lowest BCUT2D eigenvalue weighted by molar-refractivity contribution is 0.596. The summed E-state index contributed by atoms with van der Waals surface area (Å²) in [5.74, 6) is 1.38. The summed E-state index contributed by atoms with van der Waals surface area (Å²) < 4.78 is 6.18. The van der Waals surface area contributed by atoms with Gasteiger partial charge < -0.3 is 4.42 Å². The molecule has 0 unspecified atom stereocenters. The molecule has 166 valence electrons. The van der Waals surface area contributed by atoms with Gasteiger partial charge in [-0.25, -0.2) is 4.98 Å². The summed E-state index contributed by atoms with van der Waals surface area (Å²) in [5.41, 5.74) is 6.20. The van der Waals surface area contributed by atoms with E-state index in [1.165, 1.54) is 16.3 Å². The third-order valence-electron chi connectivity index (χ3n) is 6.07. The summed E-state index contributed by atoms with van der Waals surface area (Å²) in [4.78, 5) is 9.44. The molecule has 0 fully saturated rings. The van der Waals surface area contributed by atoms with Gasteiger partial charge in [0.1, 0.15) is 5.76 Å². The first-order valence-corrected chi connectivity index (χ1v) is 11.7. The van der Waals surface area contributed by atoms with Crippen LogP contribution in [0.5, 0.6) is 0 Å². The maximum absolute atomic E-state index is 6.18. The summed E-state index contributed by atoms with van der Waals surface area (Å²) >= 11 is 0. The van der Waals surface area contributed by atoms with Crippen LogP contribution in [0.15, 0.2) is 77.3 Å². The van der Waals surface area contributed by atoms with E-state index in [-0.39, 0.29) is 5.41 Å². The highest BCUT2D eigenvalue weighted by atomic mass is 16.3. The maximum atomic E-state index is 6.18. The summed E-state index contributed by atoms with van der Waals surface area (Å²) in [6.07, 6.45) is 2.81. The molecule has 0 N–H and O–H groups in total. The van der Waals surface area contributed by atoms with Gasteiger partial charge in [0.05, 0.1) is 5.69 Å². The molecule has 2 aromatic carbocycles. The van der Waals surface area contributed by atoms with Crippen LogP contribution < -0.4 is 0 Å². The van der Waals surface area contributed by atoms with Crippen LogP contribution in [0, 0.1) is 5.92 Å². The molecule has 0 radical (unpaired) electrons. The average molecular weight is 435 g/mol. The number of fused-ring (bicyclic) bond motifs is 2. The molecule has 33 heavy (non-hydrogen) atoms. The van der Waals surface area contributed by atoms with Crippen molar-refractivity contribution in [2.24, 2.45) is 5.92 Å². The van der Waals surface area contributed by atoms with E-state index in [9.17, 15) is 0 Å². The lowest BCUT2D eigenvalue weighted by Gasteiger charge is -2.22. The second kappa shape index (κ2) is 8.15. The first-order valence-electron chi connectivity index (χ1n) is 11.7. The molecule has 0 atom stereocenters. The van der Waals surface area contributed by atoms with Crippen molar-refractivity contribution in [3.63, 3.8) is 0 Å². The van der Waals surface area contributed by atoms with Gasteiger partial charge in [-0.1, -0.05) is 58.9 Å². The molecule has 0 bridgehead atoms. The molecule has 0 aliphatic carbocycles. The Bertz CT molecular complexity index is 1450. The third kappa shape index (κ3) is 4.28. The van der Waals surface area contributed by atoms with Crippen LogP contribution in [0.1, 0.15) is 45.9 Å². The van der Waals surface area contributed by atoms with Crippen molar-refractivity contribution in [1.82, 2.24) is 9.97 Å². The predicted octanol–water partition coefficient (Wildman–Crippen LogP) is 8.21. The van der Waals surface area contributed by atoms with Crippen molar-refractivity contribution in [2.45, 2.75) is 46.5 Å². The zero-order valence-electron chi connectivity index (χ0n) is 20.0. The van der Waals surface area contributed by atoms with Gasteiger partial charge in [0, 0.05) is 28.4 Å². The summed E-state index contributed by atoms with van der Waals surface area (Å²) in [5, 5.41) is 3.56. The van der Waals surface area contributed by atoms with Crippen LogP contribution in [-0.2, 0) is 11.8 Å². The van der Waals surface area contributed by atoms with Gasteiger partial charge in [-0.15, -0.1) is 0 Å². The van der Waals surface area contributed by atoms with Gasteiger partial charge in [-0.3, -0.25) is 4.98 Å². The number of rotatable bonds is 4. The van der Waals surface area contributed by atoms with Crippen molar-refractivity contribution >= 4 is 21.9 Å². The Morgan fingerprint density at radius 3 is 2.45 bits per heavy atom. The summed E-state index contributed by atoms with van der Waals surface area (Å²) in [7, 11) is 0. The molecule has 0 saturated carbocycles. The number of furan rings is 1. The number of benzene rings is 2. The zero-order chi connectivity index (χ0) is 23.2. The van der Waals surface area contributed by atoms with Crippen LogP contribution in [0.2, 0.25) is 0 Å². The lowest BCUT2D eigenvalue weighted by Crippen LogP contribution is -2.12. The van der Waals surface area contributed by atoms with E-state index in [4.69, 9.17) is 14.4 Å². The van der Waals surface area contributed by atoms with Gasteiger partial charge in [0.2, 0.25) is 5.71 Å². The van der Waals surface area contributed by atoms with Gasteiger partial charge in [0.15, 0.2) is 0 Å². The van der Waals surface area contributed by atoms with Crippen molar-refractivity contribution in [3.05, 3.63) is 84.2 Å². The molecule has 0 aliphatic heterocycles. The van der Waals surface area contributed by atoms with Gasteiger partial charge >= 0.3 is 0 Å². The van der Waals surface area contributed by atoms with Crippen molar-refractivity contribution in [1.29, 1.82) is 0 Å². The minimum Gasteiger partial charge on any atom is -0.438 e. The number of aromatic nitrogens is 2. The molecule has 5 rings (SSSR count). The van der Waals surface area contributed by atoms with Crippen LogP contribution in [0.4, 0.5) is 0 Å². The van der Waals surface area contributed by atoms with Gasteiger partial charge in [-0.05, 0) is 76.6 Å². The quantitative estimate of drug-likeness (QED) is 0.286. The topological polar surface area (TPSA) is 38.9 Å². The molecular weight excluding hydrogens is 404 g/mol. The second-order valence-corrected chi connectivity index (χ2v) is 10.3. The van der Waals surface area contributed by atoms with Crippen molar-refractivity contribution < 1.29 is 4.42 Å². The first kappa shape index (κ1) is 21.4. The fourth-order valence-electron chi connectivity index (χ4n) is 4.45. The summed E-state index contributed by atoms with van der Waals surface area (Å²) in [6, 6.07) is 23.5. The molecule has 0 aliphatic rings. The van der Waals surface area contributed by atoms with E-state index in [1.807, 2.05) is 12.3 Å². The van der Waals surface area contributed by atoms with E-state index in [2.05, 4.69) is 95.3 Å². The zero-order valence-corrected chi connectivity index (χ0v) is 20.0. The Balaban J connectivity index is 1.58. The van der Waals surface area contributed by atoms with E-state index >= 15 is 0 Å². The summed E-state index contributed by atoms with van der Waals surface area (Å²) in [6.45, 7) is 11.2. The SMILES string of the molecule is CC(C)Cc1ccc2cc(-c3ccnc(-c4cc(C(C)(C)C)c5ccccc5c4)c3)oc2n1. The Hall–Kier alpha value is -3.46. The molecule has 3 nitrogen and oxygen atoms in total. The average Bonchev–Trinajstić information content (AvgIpc) is 3.21. The molecular formula is C30H30N2O. The molecule has 5 aromatic rings. The monoisotopic (exact) mass is 434 g/mol. The smallest absolute Gasteiger partial charge is 0.226 e. The number of hydrogen-bond acceptors (Lipinski definition) is 3. The standard InChI is InChI=1S/C30H30N2O/c1-19(2)14-24-11-10-22-18-28(33-29(22)32-24)21-12-13-31-27(17-21)23-15-20-8-6-7-9-25(20)26(16-23)30(3,4)5/h6-13,15-19H,14H2,1-5H3. The van der Waals surface area contributed by atoms with Crippen molar-refractivity contribution in [2.75, 3.05) is 0 Å². The van der Waals surface area contributed by atoms with E-state index in [1.54, 1.807) is 0 Å². The van der Waals surface area contributed by atoms with Crippen LogP contribution >= 0.6 is 0 Å².